The van der Waals surface area contributed by atoms with E-state index in [0.29, 0.717) is 23.8 Å². The summed E-state index contributed by atoms with van der Waals surface area (Å²) < 4.78 is 28.5. The second-order valence-electron chi connectivity index (χ2n) is 5.28. The third kappa shape index (κ3) is 2.92. The van der Waals surface area contributed by atoms with E-state index in [2.05, 4.69) is 12.1 Å². The first-order valence-corrected chi connectivity index (χ1v) is 9.02. The first-order chi connectivity index (χ1) is 9.95. The molecule has 2 aromatic carbocycles. The number of hydrogen-bond acceptors (Lipinski definition) is 3. The molecule has 110 valence electrons. The van der Waals surface area contributed by atoms with E-state index in [4.69, 9.17) is 15.4 Å². The van der Waals surface area contributed by atoms with Crippen LogP contribution < -0.4 is 4.74 Å². The zero-order valence-corrected chi connectivity index (χ0v) is 13.1. The van der Waals surface area contributed by atoms with E-state index in [1.54, 1.807) is 19.1 Å². The van der Waals surface area contributed by atoms with Gasteiger partial charge in [-0.3, -0.25) is 0 Å². The fourth-order valence-corrected chi connectivity index (χ4v) is 3.89. The second kappa shape index (κ2) is 5.35. The van der Waals surface area contributed by atoms with Crippen molar-refractivity contribution >= 4 is 19.7 Å². The minimum absolute atomic E-state index is 0.130. The number of rotatable bonds is 4. The number of aryl methyl sites for hydroxylation is 1. The molecule has 5 heteroatoms. The zero-order valence-electron chi connectivity index (χ0n) is 11.5. The maximum Gasteiger partial charge on any atom is 0.261 e. The van der Waals surface area contributed by atoms with Gasteiger partial charge in [-0.25, -0.2) is 8.42 Å². The molecule has 1 aliphatic rings. The molecular formula is C16H15ClO3S. The van der Waals surface area contributed by atoms with Crippen LogP contribution in [0.3, 0.4) is 0 Å². The highest BCUT2D eigenvalue weighted by Crippen LogP contribution is 2.35. The fourth-order valence-electron chi connectivity index (χ4n) is 2.69. The molecule has 3 nitrogen and oxygen atoms in total. The Balaban J connectivity index is 1.69. The van der Waals surface area contributed by atoms with Crippen LogP contribution in [0.1, 0.15) is 22.6 Å². The van der Waals surface area contributed by atoms with Gasteiger partial charge >= 0.3 is 0 Å². The molecule has 0 aromatic heterocycles. The van der Waals surface area contributed by atoms with Crippen LogP contribution in [0.5, 0.6) is 5.75 Å². The average molecular weight is 323 g/mol. The summed E-state index contributed by atoms with van der Waals surface area (Å²) in [5, 5.41) is 0. The SMILES string of the molecule is Cc1cc(OCC2Cc3ccccc32)ccc1S(=O)(=O)Cl. The molecule has 0 bridgehead atoms. The largest absolute Gasteiger partial charge is 0.493 e. The second-order valence-corrected chi connectivity index (χ2v) is 7.81. The van der Waals surface area contributed by atoms with Gasteiger partial charge in [0.2, 0.25) is 0 Å². The summed E-state index contributed by atoms with van der Waals surface area (Å²) >= 11 is 0. The molecule has 0 radical (unpaired) electrons. The normalized spacial score (nSPS) is 17.0. The van der Waals surface area contributed by atoms with Crippen molar-refractivity contribution in [1.29, 1.82) is 0 Å². The van der Waals surface area contributed by atoms with Crippen LogP contribution in [0.4, 0.5) is 0 Å². The summed E-state index contributed by atoms with van der Waals surface area (Å²) in [6, 6.07) is 13.2. The first-order valence-electron chi connectivity index (χ1n) is 6.71. The molecule has 1 unspecified atom stereocenters. The van der Waals surface area contributed by atoms with Crippen LogP contribution in [0, 0.1) is 6.92 Å². The Morgan fingerprint density at radius 2 is 2.00 bits per heavy atom. The molecule has 1 aliphatic carbocycles. The molecule has 0 aliphatic heterocycles. The molecule has 21 heavy (non-hydrogen) atoms. The molecule has 0 spiro atoms. The highest BCUT2D eigenvalue weighted by atomic mass is 35.7. The van der Waals surface area contributed by atoms with E-state index in [-0.39, 0.29) is 4.90 Å². The lowest BCUT2D eigenvalue weighted by atomic mass is 9.78. The minimum atomic E-state index is -3.70. The van der Waals surface area contributed by atoms with Gasteiger partial charge in [0.1, 0.15) is 5.75 Å². The molecule has 1 atom stereocenters. The Morgan fingerprint density at radius 3 is 2.67 bits per heavy atom. The van der Waals surface area contributed by atoms with Crippen LogP contribution in [-0.2, 0) is 15.5 Å². The van der Waals surface area contributed by atoms with Crippen LogP contribution in [0.15, 0.2) is 47.4 Å². The Kier molecular flexibility index (Phi) is 3.68. The maximum absolute atomic E-state index is 11.3. The summed E-state index contributed by atoms with van der Waals surface area (Å²) in [7, 11) is 1.66. The van der Waals surface area contributed by atoms with Gasteiger partial charge in [0.05, 0.1) is 11.5 Å². The number of halogens is 1. The van der Waals surface area contributed by atoms with Crippen molar-refractivity contribution in [2.45, 2.75) is 24.2 Å². The minimum Gasteiger partial charge on any atom is -0.493 e. The van der Waals surface area contributed by atoms with E-state index in [9.17, 15) is 8.42 Å². The van der Waals surface area contributed by atoms with Gasteiger partial charge in [-0.2, -0.15) is 0 Å². The van der Waals surface area contributed by atoms with E-state index in [0.717, 1.165) is 6.42 Å². The first kappa shape index (κ1) is 14.4. The molecule has 0 saturated heterocycles. The van der Waals surface area contributed by atoms with E-state index in [1.165, 1.54) is 17.2 Å². The molecule has 0 fully saturated rings. The van der Waals surface area contributed by atoms with Gasteiger partial charge in [-0.05, 0) is 48.2 Å². The number of benzene rings is 2. The summed E-state index contributed by atoms with van der Waals surface area (Å²) in [5.41, 5.74) is 3.32. The van der Waals surface area contributed by atoms with Crippen LogP contribution in [-0.4, -0.2) is 15.0 Å². The Labute approximate surface area is 128 Å². The Hall–Kier alpha value is -1.52. The molecule has 3 rings (SSSR count). The molecule has 0 heterocycles. The molecule has 0 N–H and O–H groups in total. The Bertz CT molecular complexity index is 784. The van der Waals surface area contributed by atoms with E-state index < -0.39 is 9.05 Å². The average Bonchev–Trinajstić information content (AvgIpc) is 2.38. The van der Waals surface area contributed by atoms with Crippen LogP contribution in [0.25, 0.3) is 0 Å². The third-order valence-corrected chi connectivity index (χ3v) is 5.30. The summed E-state index contributed by atoms with van der Waals surface area (Å²) in [4.78, 5) is 0.130. The van der Waals surface area contributed by atoms with Gasteiger partial charge in [0, 0.05) is 16.6 Å². The topological polar surface area (TPSA) is 43.4 Å². The van der Waals surface area contributed by atoms with Crippen molar-refractivity contribution in [2.75, 3.05) is 6.61 Å². The van der Waals surface area contributed by atoms with Gasteiger partial charge in [0.25, 0.3) is 9.05 Å². The summed E-state index contributed by atoms with van der Waals surface area (Å²) in [6.07, 6.45) is 1.03. The summed E-state index contributed by atoms with van der Waals surface area (Å²) in [5.74, 6) is 1.08. The van der Waals surface area contributed by atoms with Gasteiger partial charge < -0.3 is 4.74 Å². The lowest BCUT2D eigenvalue weighted by molar-refractivity contribution is 0.275. The maximum atomic E-state index is 11.3. The zero-order chi connectivity index (χ0) is 15.0. The predicted molar refractivity (Wildman–Crippen MR) is 82.6 cm³/mol. The monoisotopic (exact) mass is 322 g/mol. The van der Waals surface area contributed by atoms with Crippen molar-refractivity contribution in [2.24, 2.45) is 0 Å². The van der Waals surface area contributed by atoms with Crippen molar-refractivity contribution in [3.63, 3.8) is 0 Å². The number of ether oxygens (including phenoxy) is 1. The van der Waals surface area contributed by atoms with E-state index >= 15 is 0 Å². The molecule has 2 aromatic rings. The van der Waals surface area contributed by atoms with Gasteiger partial charge in [-0.15, -0.1) is 0 Å². The standard InChI is InChI=1S/C16H15ClO3S/c1-11-8-14(6-7-16(11)21(17,18)19)20-10-13-9-12-4-2-3-5-15(12)13/h2-8,13H,9-10H2,1H3. The van der Waals surface area contributed by atoms with Gasteiger partial charge in [0.15, 0.2) is 0 Å². The quantitative estimate of drug-likeness (QED) is 0.807. The summed E-state index contributed by atoms with van der Waals surface area (Å²) in [6.45, 7) is 2.31. The third-order valence-electron chi connectivity index (χ3n) is 3.82. The fraction of sp³-hybridized carbons (Fsp3) is 0.250. The lowest BCUT2D eigenvalue weighted by Crippen LogP contribution is -2.23. The van der Waals surface area contributed by atoms with E-state index in [1.807, 2.05) is 12.1 Å². The van der Waals surface area contributed by atoms with Crippen LogP contribution >= 0.6 is 10.7 Å². The highest BCUT2D eigenvalue weighted by molar-refractivity contribution is 8.13. The molecule has 0 saturated carbocycles. The lowest BCUT2D eigenvalue weighted by Gasteiger charge is -2.29. The van der Waals surface area contributed by atoms with Crippen molar-refractivity contribution in [3.8, 4) is 5.75 Å². The molecular weight excluding hydrogens is 308 g/mol. The van der Waals surface area contributed by atoms with Crippen molar-refractivity contribution in [1.82, 2.24) is 0 Å². The van der Waals surface area contributed by atoms with Crippen molar-refractivity contribution in [3.05, 3.63) is 59.2 Å². The Morgan fingerprint density at radius 1 is 1.24 bits per heavy atom. The number of fused-ring (bicyclic) bond motifs is 1. The van der Waals surface area contributed by atoms with Crippen LogP contribution in [0.2, 0.25) is 0 Å². The highest BCUT2D eigenvalue weighted by Gasteiger charge is 2.26. The van der Waals surface area contributed by atoms with Crippen molar-refractivity contribution < 1.29 is 13.2 Å². The smallest absolute Gasteiger partial charge is 0.261 e. The molecule has 0 amide bonds. The number of hydrogen-bond donors (Lipinski definition) is 0. The van der Waals surface area contributed by atoms with Gasteiger partial charge in [-0.1, -0.05) is 24.3 Å². The predicted octanol–water partition coefficient (Wildman–Crippen LogP) is 3.64.